The van der Waals surface area contributed by atoms with Crippen LogP contribution in [0.5, 0.6) is 0 Å². The number of aromatic nitrogens is 2. The SMILES string of the molecule is CN(C)c1nc(NC2CCC(NC(=S)NC3CCCCCCCCCCC3)CC2)nc2c1CCCC2. The minimum absolute atomic E-state index is 0.438. The molecule has 0 unspecified atom stereocenters. The predicted octanol–water partition coefficient (Wildman–Crippen LogP) is 6.28. The van der Waals surface area contributed by atoms with E-state index >= 15 is 0 Å². The maximum Gasteiger partial charge on any atom is 0.225 e. The second-order valence-electron chi connectivity index (χ2n) is 11.7. The van der Waals surface area contributed by atoms with Crippen molar-refractivity contribution in [1.82, 2.24) is 20.6 Å². The lowest BCUT2D eigenvalue weighted by Crippen LogP contribution is -2.48. The first-order valence-electron chi connectivity index (χ1n) is 15.0. The third kappa shape index (κ3) is 8.46. The van der Waals surface area contributed by atoms with Gasteiger partial charge in [-0.15, -0.1) is 0 Å². The molecule has 3 N–H and O–H groups in total. The number of rotatable bonds is 5. The smallest absolute Gasteiger partial charge is 0.225 e. The molecule has 0 aliphatic heterocycles. The van der Waals surface area contributed by atoms with E-state index in [0.717, 1.165) is 55.4 Å². The summed E-state index contributed by atoms with van der Waals surface area (Å²) in [5.74, 6) is 1.91. The summed E-state index contributed by atoms with van der Waals surface area (Å²) >= 11 is 5.77. The molecule has 0 bridgehead atoms. The Labute approximate surface area is 225 Å². The Hall–Kier alpha value is -1.63. The molecule has 0 atom stereocenters. The van der Waals surface area contributed by atoms with Gasteiger partial charge >= 0.3 is 0 Å². The van der Waals surface area contributed by atoms with Gasteiger partial charge in [0.15, 0.2) is 5.11 Å². The van der Waals surface area contributed by atoms with Crippen LogP contribution in [0.2, 0.25) is 0 Å². The van der Waals surface area contributed by atoms with Crippen LogP contribution >= 0.6 is 12.2 Å². The molecule has 0 radical (unpaired) electrons. The average Bonchev–Trinajstić information content (AvgIpc) is 2.86. The first kappa shape index (κ1) is 27.4. The van der Waals surface area contributed by atoms with Crippen molar-refractivity contribution in [3.05, 3.63) is 11.3 Å². The average molecular weight is 515 g/mol. The molecular formula is C29H50N6S. The Balaban J connectivity index is 1.22. The Bertz CT molecular complexity index is 808. The van der Waals surface area contributed by atoms with Crippen molar-refractivity contribution < 1.29 is 0 Å². The minimum atomic E-state index is 0.438. The highest BCUT2D eigenvalue weighted by molar-refractivity contribution is 7.80. The van der Waals surface area contributed by atoms with E-state index in [1.165, 1.54) is 94.7 Å². The summed E-state index contributed by atoms with van der Waals surface area (Å²) in [4.78, 5) is 12.0. The van der Waals surface area contributed by atoms with E-state index < -0.39 is 0 Å². The molecule has 0 amide bonds. The van der Waals surface area contributed by atoms with Crippen molar-refractivity contribution in [3.63, 3.8) is 0 Å². The molecule has 1 aromatic heterocycles. The molecule has 2 saturated carbocycles. The van der Waals surface area contributed by atoms with E-state index in [4.69, 9.17) is 22.2 Å². The molecule has 2 fully saturated rings. The molecule has 202 valence electrons. The first-order valence-corrected chi connectivity index (χ1v) is 15.4. The van der Waals surface area contributed by atoms with Crippen LogP contribution in [0.3, 0.4) is 0 Å². The second kappa shape index (κ2) is 14.3. The topological polar surface area (TPSA) is 65.1 Å². The molecule has 36 heavy (non-hydrogen) atoms. The van der Waals surface area contributed by atoms with E-state index in [1.807, 2.05) is 0 Å². The van der Waals surface area contributed by atoms with Gasteiger partial charge in [-0.25, -0.2) is 4.98 Å². The minimum Gasteiger partial charge on any atom is -0.362 e. The monoisotopic (exact) mass is 514 g/mol. The summed E-state index contributed by atoms with van der Waals surface area (Å²) in [6, 6.07) is 1.44. The fourth-order valence-electron chi connectivity index (χ4n) is 6.29. The maximum absolute atomic E-state index is 5.77. The summed E-state index contributed by atoms with van der Waals surface area (Å²) in [6.45, 7) is 0. The summed E-state index contributed by atoms with van der Waals surface area (Å²) < 4.78 is 0. The number of nitrogens with one attached hydrogen (secondary N) is 3. The predicted molar refractivity (Wildman–Crippen MR) is 156 cm³/mol. The quantitative estimate of drug-likeness (QED) is 0.400. The van der Waals surface area contributed by atoms with Crippen molar-refractivity contribution in [2.75, 3.05) is 24.3 Å². The zero-order valence-electron chi connectivity index (χ0n) is 22.9. The number of hydrogen-bond donors (Lipinski definition) is 3. The van der Waals surface area contributed by atoms with Gasteiger partial charge in [0.2, 0.25) is 5.95 Å². The third-order valence-corrected chi connectivity index (χ3v) is 8.66. The first-order chi connectivity index (χ1) is 17.6. The van der Waals surface area contributed by atoms with Gasteiger partial charge in [-0.3, -0.25) is 0 Å². The molecule has 1 aromatic rings. The van der Waals surface area contributed by atoms with E-state index in [2.05, 4.69) is 34.9 Å². The van der Waals surface area contributed by atoms with Gasteiger partial charge in [0.1, 0.15) is 5.82 Å². The lowest BCUT2D eigenvalue weighted by atomic mass is 9.91. The zero-order chi connectivity index (χ0) is 25.2. The standard InChI is InChI=1S/C29H50N6S/c1-35(2)27-25-16-12-13-17-26(25)33-28(34-27)30-23-18-20-24(21-19-23)32-29(36)31-22-14-10-8-6-4-3-5-7-9-11-15-22/h22-24H,3-21H2,1-2H3,(H,30,33,34)(H2,31,32,36). The number of fused-ring (bicyclic) bond motifs is 1. The lowest BCUT2D eigenvalue weighted by molar-refractivity contribution is 0.381. The van der Waals surface area contributed by atoms with Gasteiger partial charge in [0.25, 0.3) is 0 Å². The van der Waals surface area contributed by atoms with Crippen molar-refractivity contribution >= 4 is 29.1 Å². The normalized spacial score (nSPS) is 24.5. The summed E-state index contributed by atoms with van der Waals surface area (Å²) in [5.41, 5.74) is 2.60. The number of thiocarbonyl (C=S) groups is 1. The fraction of sp³-hybridized carbons (Fsp3) is 0.828. The molecular weight excluding hydrogens is 464 g/mol. The molecule has 0 saturated heterocycles. The highest BCUT2D eigenvalue weighted by Gasteiger charge is 2.24. The van der Waals surface area contributed by atoms with Gasteiger partial charge in [-0.1, -0.05) is 57.8 Å². The Kier molecular flexibility index (Phi) is 10.9. The molecule has 0 spiro atoms. The highest BCUT2D eigenvalue weighted by Crippen LogP contribution is 2.29. The lowest BCUT2D eigenvalue weighted by Gasteiger charge is -2.32. The highest BCUT2D eigenvalue weighted by atomic mass is 32.1. The van der Waals surface area contributed by atoms with Crippen LogP contribution in [-0.2, 0) is 12.8 Å². The Morgan fingerprint density at radius 1 is 0.667 bits per heavy atom. The molecule has 0 aromatic carbocycles. The van der Waals surface area contributed by atoms with E-state index in [9.17, 15) is 0 Å². The third-order valence-electron chi connectivity index (χ3n) is 8.42. The zero-order valence-corrected chi connectivity index (χ0v) is 23.7. The summed E-state index contributed by atoms with van der Waals surface area (Å²) in [7, 11) is 4.19. The van der Waals surface area contributed by atoms with Crippen LogP contribution in [0.1, 0.15) is 120 Å². The van der Waals surface area contributed by atoms with Gasteiger partial charge in [-0.2, -0.15) is 4.98 Å². The molecule has 7 heteroatoms. The summed E-state index contributed by atoms with van der Waals surface area (Å²) in [5, 5.41) is 11.9. The van der Waals surface area contributed by atoms with Crippen LogP contribution in [0.25, 0.3) is 0 Å². The molecule has 4 rings (SSSR count). The number of nitrogens with zero attached hydrogens (tertiary/aromatic N) is 3. The van der Waals surface area contributed by atoms with E-state index in [1.54, 1.807) is 0 Å². The van der Waals surface area contributed by atoms with Gasteiger partial charge in [0, 0.05) is 37.8 Å². The number of hydrogen-bond acceptors (Lipinski definition) is 5. The van der Waals surface area contributed by atoms with Gasteiger partial charge < -0.3 is 20.9 Å². The number of anilines is 2. The largest absolute Gasteiger partial charge is 0.362 e. The van der Waals surface area contributed by atoms with Crippen molar-refractivity contribution in [1.29, 1.82) is 0 Å². The van der Waals surface area contributed by atoms with E-state index in [0.29, 0.717) is 18.1 Å². The fourth-order valence-corrected chi connectivity index (χ4v) is 6.63. The Morgan fingerprint density at radius 3 is 1.81 bits per heavy atom. The summed E-state index contributed by atoms with van der Waals surface area (Å²) in [6.07, 6.45) is 24.2. The second-order valence-corrected chi connectivity index (χ2v) is 12.1. The maximum atomic E-state index is 5.77. The Morgan fingerprint density at radius 2 is 1.19 bits per heavy atom. The van der Waals surface area contributed by atoms with Crippen molar-refractivity contribution in [3.8, 4) is 0 Å². The van der Waals surface area contributed by atoms with Crippen molar-refractivity contribution in [2.45, 2.75) is 140 Å². The van der Waals surface area contributed by atoms with E-state index in [-0.39, 0.29) is 0 Å². The van der Waals surface area contributed by atoms with Gasteiger partial charge in [-0.05, 0) is 76.4 Å². The molecule has 3 aliphatic carbocycles. The van der Waals surface area contributed by atoms with Crippen LogP contribution in [0.15, 0.2) is 0 Å². The van der Waals surface area contributed by atoms with Crippen LogP contribution in [0, 0.1) is 0 Å². The van der Waals surface area contributed by atoms with Crippen LogP contribution in [-0.4, -0.2) is 47.3 Å². The molecule has 6 nitrogen and oxygen atoms in total. The van der Waals surface area contributed by atoms with Crippen LogP contribution in [0.4, 0.5) is 11.8 Å². The number of aryl methyl sites for hydroxylation is 1. The molecule has 1 heterocycles. The van der Waals surface area contributed by atoms with Crippen molar-refractivity contribution in [2.24, 2.45) is 0 Å². The molecule has 3 aliphatic rings. The van der Waals surface area contributed by atoms with Crippen LogP contribution < -0.4 is 20.9 Å². The van der Waals surface area contributed by atoms with Gasteiger partial charge in [0.05, 0.1) is 5.69 Å².